The van der Waals surface area contributed by atoms with Crippen LogP contribution in [-0.4, -0.2) is 226 Å². The van der Waals surface area contributed by atoms with Gasteiger partial charge in [-0.25, -0.2) is 14.6 Å². The van der Waals surface area contributed by atoms with Crippen molar-refractivity contribution in [3.05, 3.63) is 44.6 Å². The van der Waals surface area contributed by atoms with Crippen molar-refractivity contribution in [2.24, 2.45) is 23.7 Å². The maximum Gasteiger partial charge on any atom is 0.329 e. The molecule has 3 unspecified atom stereocenters. The lowest BCUT2D eigenvalue weighted by atomic mass is 9.98. The molecule has 10 amide bonds. The number of amides is 10. The van der Waals surface area contributed by atoms with Crippen molar-refractivity contribution in [2.75, 3.05) is 60.1 Å². The molecule has 91 heavy (non-hydrogen) atoms. The van der Waals surface area contributed by atoms with E-state index in [0.717, 1.165) is 19.6 Å². The average Bonchev–Trinajstić information content (AvgIpc) is 1.68. The van der Waals surface area contributed by atoms with Gasteiger partial charge in [0, 0.05) is 46.7 Å². The Morgan fingerprint density at radius 3 is 1.58 bits per heavy atom. The summed E-state index contributed by atoms with van der Waals surface area (Å²) in [5.74, 6) is -13.8. The predicted octanol–water partition coefficient (Wildman–Crippen LogP) is -0.0954. The van der Waals surface area contributed by atoms with Crippen molar-refractivity contribution in [2.45, 2.75) is 163 Å². The van der Waals surface area contributed by atoms with E-state index < -0.39 is 203 Å². The van der Waals surface area contributed by atoms with Crippen LogP contribution in [0.2, 0.25) is 0 Å². The number of aryl methyl sites for hydroxylation is 1. The highest BCUT2D eigenvalue weighted by atomic mass is 16.6. The minimum Gasteiger partial charge on any atom is -0.458 e. The van der Waals surface area contributed by atoms with Crippen LogP contribution < -0.4 is 32.4 Å². The third-order valence-corrected chi connectivity index (χ3v) is 17.4. The highest BCUT2D eigenvalue weighted by Crippen LogP contribution is 2.35. The van der Waals surface area contributed by atoms with E-state index in [9.17, 15) is 57.5 Å². The average molecular weight is 1270 g/mol. The van der Waals surface area contributed by atoms with Crippen molar-refractivity contribution < 1.29 is 76.2 Å². The number of fused-ring (bicyclic) bond motifs is 4. The number of Topliss-reactive ketones (excluding diaryl/α,β-unsaturated/α-hetero) is 1. The summed E-state index contributed by atoms with van der Waals surface area (Å²) in [6.07, 6.45) is -2.83. The van der Waals surface area contributed by atoms with E-state index in [1.807, 2.05) is 0 Å². The highest BCUT2D eigenvalue weighted by Gasteiger charge is 2.48. The second kappa shape index (κ2) is 27.6. The van der Waals surface area contributed by atoms with Gasteiger partial charge in [0.25, 0.3) is 11.8 Å². The fourth-order valence-corrected chi connectivity index (χ4v) is 12.1. The number of benzene rings is 2. The van der Waals surface area contributed by atoms with Crippen LogP contribution in [0.15, 0.2) is 21.3 Å². The quantitative estimate of drug-likeness (QED) is 0.112. The molecule has 1 aromatic rings. The normalized spacial score (nSPS) is 26.1. The first-order valence-corrected chi connectivity index (χ1v) is 30.4. The topological polar surface area (TPSA) is 377 Å². The van der Waals surface area contributed by atoms with E-state index in [2.05, 4.69) is 21.3 Å². The largest absolute Gasteiger partial charge is 0.458 e. The number of esters is 2. The number of rotatable bonds is 8. The molecule has 0 bridgehead atoms. The molecule has 7 rings (SSSR count). The summed E-state index contributed by atoms with van der Waals surface area (Å²) in [5.41, 5.74) is 3.31. The Bertz CT molecular complexity index is 3510. The Morgan fingerprint density at radius 1 is 0.626 bits per heavy atom. The first-order chi connectivity index (χ1) is 42.5. The Labute approximate surface area is 526 Å². The molecule has 494 valence electrons. The van der Waals surface area contributed by atoms with E-state index in [-0.39, 0.29) is 47.4 Å². The fourth-order valence-electron chi connectivity index (χ4n) is 12.1. The van der Waals surface area contributed by atoms with Gasteiger partial charge in [0.05, 0.1) is 36.4 Å². The zero-order chi connectivity index (χ0) is 67.8. The number of nitrogen functional groups attached to an aromatic ring is 1. The molecule has 0 saturated carbocycles. The molecule has 5 aliphatic heterocycles. The van der Waals surface area contributed by atoms with Crippen molar-refractivity contribution >= 4 is 93.6 Å². The summed E-state index contributed by atoms with van der Waals surface area (Å²) in [7, 11) is 5.41. The Kier molecular flexibility index (Phi) is 21.0. The zero-order valence-electron chi connectivity index (χ0n) is 54.3. The van der Waals surface area contributed by atoms with Gasteiger partial charge in [0.15, 0.2) is 17.1 Å². The van der Waals surface area contributed by atoms with Gasteiger partial charge in [-0.1, -0.05) is 61.5 Å². The lowest BCUT2D eigenvalue weighted by Gasteiger charge is -2.36. The maximum absolute atomic E-state index is 15.2. The number of anilines is 1. The maximum atomic E-state index is 15.2. The Hall–Kier alpha value is -9.05. The van der Waals surface area contributed by atoms with Crippen LogP contribution in [0.3, 0.4) is 0 Å². The van der Waals surface area contributed by atoms with E-state index >= 15 is 9.59 Å². The van der Waals surface area contributed by atoms with E-state index in [0.29, 0.717) is 12.0 Å². The summed E-state index contributed by atoms with van der Waals surface area (Å²) in [6.45, 7) is 17.2. The molecule has 29 nitrogen and oxygen atoms in total. The number of nitrogens with one attached hydrogen (secondary N) is 4. The highest BCUT2D eigenvalue weighted by molar-refractivity contribution is 6.11. The SMILES string of the molecule is Cc1c2oc3c(C)ccc(C(=O)NC4C(=O)NC(C(C)C)C(=O)N5CCC[C@H]5C(=O)N(C)CC(=O)N(C)[C@@H](C(C)C)C(=O)O[C@@H]4C)c3nc-2c(C(=O)N[C@@H]2C(=O)NC(C(C)C)C(=O)N3CC(=O)C[C@H]3C(=O)N(C)CC(=O)N(C)[C@@H](C(C)C)C(=O)O[C@@H]2C)c(N)c1=O. The second-order valence-electron chi connectivity index (χ2n) is 25.6. The molecule has 1 aromatic carbocycles. The molecule has 4 saturated heterocycles. The number of hydrogen-bond acceptors (Lipinski definition) is 19. The number of nitrogens with zero attached hydrogens (tertiary/aromatic N) is 7. The molecule has 5 heterocycles. The number of hydrogen-bond donors (Lipinski definition) is 5. The van der Waals surface area contributed by atoms with Gasteiger partial charge in [-0.2, -0.15) is 0 Å². The van der Waals surface area contributed by atoms with E-state index in [1.165, 1.54) is 70.9 Å². The van der Waals surface area contributed by atoms with Gasteiger partial charge in [0.1, 0.15) is 71.8 Å². The van der Waals surface area contributed by atoms with Gasteiger partial charge in [-0.15, -0.1) is 0 Å². The van der Waals surface area contributed by atoms with Crippen LogP contribution in [0, 0.1) is 37.5 Å². The molecule has 6 N–H and O–H groups in total. The third kappa shape index (κ3) is 14.0. The first kappa shape index (κ1) is 69.4. The Balaban J connectivity index is 1.33. The molecule has 6 aliphatic rings. The van der Waals surface area contributed by atoms with Gasteiger partial charge in [0.2, 0.25) is 52.7 Å². The Morgan fingerprint density at radius 2 is 1.10 bits per heavy atom. The van der Waals surface area contributed by atoms with Gasteiger partial charge in [-0.05, 0) is 75.8 Å². The standard InChI is InChI=1S/C62H84N12O17/c1-26(2)42-59(85)73-21-17-18-36(73)57(83)69(13)24-38(76)71(15)48(28(5)6)61(87)89-32(11)44(55(81)65-42)67-53(79)35-20-19-30(9)51-46(35)64-47-40(41(63)50(78)31(10)52(47)91-51)54(80)68-45-33(12)90-62(88)49(29(7)8)72(16)39(77)25-70(14)58(84)37-22-34(75)23-74(37)60(86)43(27(3)4)66-56(45)82/h19-20,26-29,32-33,36-37,42-45,48-49H,17-18,21-25,63H2,1-16H3,(H,65,81)(H,66,82)(H,67,79)(H,68,80)/t32-,33-,36+,37+,42?,43?,44?,45+,48+,49+/m1/s1. The summed E-state index contributed by atoms with van der Waals surface area (Å²) in [4.78, 5) is 212. The summed E-state index contributed by atoms with van der Waals surface area (Å²) in [6, 6.07) is -8.65. The summed E-state index contributed by atoms with van der Waals surface area (Å²) in [5, 5.41) is 10.5. The van der Waals surface area contributed by atoms with Crippen LogP contribution in [0.5, 0.6) is 0 Å². The van der Waals surface area contributed by atoms with Crippen molar-refractivity contribution in [3.8, 4) is 11.5 Å². The minimum absolute atomic E-state index is 0.0979. The lowest BCUT2D eigenvalue weighted by Crippen LogP contribution is -2.61. The minimum atomic E-state index is -1.96. The number of carbonyl (C=O) groups is 13. The molecule has 29 heteroatoms. The lowest BCUT2D eigenvalue weighted by molar-refractivity contribution is -0.163. The third-order valence-electron chi connectivity index (χ3n) is 17.4. The monoisotopic (exact) mass is 1270 g/mol. The fraction of sp³-hybridized carbons (Fsp3) is 0.597. The zero-order valence-corrected chi connectivity index (χ0v) is 54.3. The number of aromatic nitrogens is 1. The van der Waals surface area contributed by atoms with Crippen LogP contribution in [0.4, 0.5) is 5.69 Å². The van der Waals surface area contributed by atoms with Gasteiger partial charge >= 0.3 is 11.9 Å². The van der Waals surface area contributed by atoms with Crippen LogP contribution in [0.25, 0.3) is 22.6 Å². The molecule has 1 aliphatic carbocycles. The van der Waals surface area contributed by atoms with Crippen molar-refractivity contribution in [3.63, 3.8) is 0 Å². The number of carbonyl (C=O) groups excluding carboxylic acids is 13. The number of likely N-dealkylation sites (N-methyl/N-ethyl adjacent to an activating group) is 4. The molecular weight excluding hydrogens is 1180 g/mol. The van der Waals surface area contributed by atoms with Gasteiger partial charge < -0.3 is 70.3 Å². The smallest absolute Gasteiger partial charge is 0.329 e. The molecule has 10 atom stereocenters. The van der Waals surface area contributed by atoms with Gasteiger partial charge in [-0.3, -0.25) is 57.5 Å². The molecule has 4 fully saturated rings. The molecule has 0 aromatic heterocycles. The number of ketones is 1. The molecule has 0 radical (unpaired) electrons. The van der Waals surface area contributed by atoms with Crippen molar-refractivity contribution in [1.82, 2.24) is 55.7 Å². The molecular formula is C62H84N12O17. The van der Waals surface area contributed by atoms with Crippen molar-refractivity contribution in [1.29, 1.82) is 0 Å². The summed E-state index contributed by atoms with van der Waals surface area (Å²) >= 11 is 0. The van der Waals surface area contributed by atoms with Crippen LogP contribution in [-0.2, 0) is 62.2 Å². The van der Waals surface area contributed by atoms with Crippen LogP contribution in [0.1, 0.15) is 120 Å². The predicted molar refractivity (Wildman–Crippen MR) is 326 cm³/mol. The molecule has 0 spiro atoms. The first-order valence-electron chi connectivity index (χ1n) is 30.4. The van der Waals surface area contributed by atoms with Crippen LogP contribution >= 0.6 is 0 Å². The number of ether oxygens (including phenoxy) is 2. The number of nitrogens with two attached hydrogens (primary N) is 1. The van der Waals surface area contributed by atoms with E-state index in [4.69, 9.17) is 24.6 Å². The second-order valence-corrected chi connectivity index (χ2v) is 25.6. The van der Waals surface area contributed by atoms with E-state index in [1.54, 1.807) is 62.3 Å². The summed E-state index contributed by atoms with van der Waals surface area (Å²) < 4.78 is 18.2. The number of cyclic esters (lactones) is 2.